The molecule has 0 radical (unpaired) electrons. The van der Waals surface area contributed by atoms with Gasteiger partial charge in [-0.05, 0) is 24.6 Å². The lowest BCUT2D eigenvalue weighted by molar-refractivity contribution is -0.116. The van der Waals surface area contributed by atoms with Crippen LogP contribution in [0.2, 0.25) is 5.02 Å². The third-order valence-corrected chi connectivity index (χ3v) is 5.09. The van der Waals surface area contributed by atoms with Crippen LogP contribution in [-0.2, 0) is 4.79 Å². The van der Waals surface area contributed by atoms with Gasteiger partial charge in [-0.25, -0.2) is 4.98 Å². The Hall–Kier alpha value is -2.70. The fourth-order valence-electron chi connectivity index (χ4n) is 2.59. The van der Waals surface area contributed by atoms with Crippen LogP contribution in [0.15, 0.2) is 60.0 Å². The maximum Gasteiger partial charge on any atom is 0.253 e. The molecule has 27 heavy (non-hydrogen) atoms. The van der Waals surface area contributed by atoms with E-state index in [1.165, 1.54) is 11.3 Å². The molecule has 0 bridgehead atoms. The number of anilines is 1. The molecular formula is C20H18ClN3O2S. The van der Waals surface area contributed by atoms with Gasteiger partial charge in [0, 0.05) is 5.38 Å². The van der Waals surface area contributed by atoms with Crippen LogP contribution in [0.1, 0.15) is 34.1 Å². The maximum absolute atomic E-state index is 12.7. The highest BCUT2D eigenvalue weighted by atomic mass is 35.5. The first-order valence-electron chi connectivity index (χ1n) is 8.35. The molecule has 7 heteroatoms. The van der Waals surface area contributed by atoms with Gasteiger partial charge in [0.2, 0.25) is 5.91 Å². The predicted octanol–water partition coefficient (Wildman–Crippen LogP) is 4.60. The Bertz CT molecular complexity index is 943. The Morgan fingerprint density at radius 3 is 2.48 bits per heavy atom. The van der Waals surface area contributed by atoms with Gasteiger partial charge in [-0.3, -0.25) is 9.59 Å². The second-order valence-corrected chi connectivity index (χ2v) is 7.23. The van der Waals surface area contributed by atoms with Gasteiger partial charge in [-0.2, -0.15) is 0 Å². The van der Waals surface area contributed by atoms with E-state index in [1.807, 2.05) is 42.6 Å². The summed E-state index contributed by atoms with van der Waals surface area (Å²) >= 11 is 7.48. The molecule has 3 aromatic rings. The number of halogens is 1. The van der Waals surface area contributed by atoms with Crippen molar-refractivity contribution in [3.8, 4) is 0 Å². The van der Waals surface area contributed by atoms with E-state index in [1.54, 1.807) is 24.3 Å². The molecule has 0 saturated carbocycles. The number of carbonyl (C=O) groups is 2. The number of aryl methyl sites for hydroxylation is 1. The first-order valence-corrected chi connectivity index (χ1v) is 9.61. The minimum absolute atomic E-state index is 0.0822. The molecule has 0 aliphatic rings. The number of amides is 2. The van der Waals surface area contributed by atoms with E-state index in [0.29, 0.717) is 15.7 Å². The highest BCUT2D eigenvalue weighted by Gasteiger charge is 2.21. The van der Waals surface area contributed by atoms with Crippen LogP contribution in [0, 0.1) is 6.92 Å². The molecule has 1 atom stereocenters. The van der Waals surface area contributed by atoms with E-state index in [0.717, 1.165) is 11.3 Å². The zero-order valence-electron chi connectivity index (χ0n) is 14.6. The SMILES string of the molecule is Cc1csc(NC(=O)CC(NC(=O)c2ccccc2Cl)c2ccccc2)n1. The third-order valence-electron chi connectivity index (χ3n) is 3.88. The van der Waals surface area contributed by atoms with E-state index >= 15 is 0 Å². The quantitative estimate of drug-likeness (QED) is 0.636. The molecule has 2 N–H and O–H groups in total. The molecule has 0 fully saturated rings. The summed E-state index contributed by atoms with van der Waals surface area (Å²) in [5, 5.41) is 8.46. The van der Waals surface area contributed by atoms with E-state index in [4.69, 9.17) is 11.6 Å². The minimum Gasteiger partial charge on any atom is -0.345 e. The summed E-state index contributed by atoms with van der Waals surface area (Å²) in [5.74, 6) is -0.551. The van der Waals surface area contributed by atoms with Gasteiger partial charge in [-0.1, -0.05) is 54.1 Å². The normalized spacial score (nSPS) is 11.6. The Balaban J connectivity index is 1.76. The summed E-state index contributed by atoms with van der Waals surface area (Å²) in [4.78, 5) is 29.4. The van der Waals surface area contributed by atoms with Gasteiger partial charge in [-0.15, -0.1) is 11.3 Å². The number of hydrogen-bond donors (Lipinski definition) is 2. The summed E-state index contributed by atoms with van der Waals surface area (Å²) < 4.78 is 0. The monoisotopic (exact) mass is 399 g/mol. The molecule has 0 aliphatic heterocycles. The molecule has 1 aromatic heterocycles. The van der Waals surface area contributed by atoms with E-state index < -0.39 is 6.04 Å². The van der Waals surface area contributed by atoms with Crippen molar-refractivity contribution in [1.82, 2.24) is 10.3 Å². The molecule has 0 aliphatic carbocycles. The number of benzene rings is 2. The van der Waals surface area contributed by atoms with E-state index in [-0.39, 0.29) is 18.2 Å². The van der Waals surface area contributed by atoms with Gasteiger partial charge in [0.15, 0.2) is 5.13 Å². The molecule has 2 aromatic carbocycles. The third kappa shape index (κ3) is 5.15. The van der Waals surface area contributed by atoms with Crippen LogP contribution in [-0.4, -0.2) is 16.8 Å². The van der Waals surface area contributed by atoms with Gasteiger partial charge in [0.25, 0.3) is 5.91 Å². The van der Waals surface area contributed by atoms with Crippen molar-refractivity contribution in [1.29, 1.82) is 0 Å². The molecular weight excluding hydrogens is 382 g/mol. The van der Waals surface area contributed by atoms with Crippen molar-refractivity contribution in [2.45, 2.75) is 19.4 Å². The number of hydrogen-bond acceptors (Lipinski definition) is 4. The molecule has 5 nitrogen and oxygen atoms in total. The number of thiazole rings is 1. The lowest BCUT2D eigenvalue weighted by Gasteiger charge is -2.19. The summed E-state index contributed by atoms with van der Waals surface area (Å²) in [6.45, 7) is 1.86. The standard InChI is InChI=1S/C20H18ClN3O2S/c1-13-12-27-20(22-13)24-18(25)11-17(14-7-3-2-4-8-14)23-19(26)15-9-5-6-10-16(15)21/h2-10,12,17H,11H2,1H3,(H,23,26)(H,22,24,25). The van der Waals surface area contributed by atoms with Gasteiger partial charge < -0.3 is 10.6 Å². The van der Waals surface area contributed by atoms with Crippen molar-refractivity contribution >= 4 is 39.9 Å². The average molecular weight is 400 g/mol. The van der Waals surface area contributed by atoms with Gasteiger partial charge >= 0.3 is 0 Å². The van der Waals surface area contributed by atoms with E-state index in [9.17, 15) is 9.59 Å². The Kier molecular flexibility index (Phi) is 6.21. The van der Waals surface area contributed by atoms with Crippen LogP contribution in [0.4, 0.5) is 5.13 Å². The zero-order valence-corrected chi connectivity index (χ0v) is 16.2. The summed E-state index contributed by atoms with van der Waals surface area (Å²) in [5.41, 5.74) is 2.06. The average Bonchev–Trinajstić information content (AvgIpc) is 3.06. The summed E-state index contributed by atoms with van der Waals surface area (Å²) in [6, 6.07) is 15.7. The molecule has 1 heterocycles. The Labute approximate surface area is 166 Å². The summed E-state index contributed by atoms with van der Waals surface area (Å²) in [7, 11) is 0. The molecule has 3 rings (SSSR count). The number of carbonyl (C=O) groups excluding carboxylic acids is 2. The lowest BCUT2D eigenvalue weighted by Crippen LogP contribution is -2.31. The van der Waals surface area contributed by atoms with Crippen LogP contribution >= 0.6 is 22.9 Å². The fraction of sp³-hybridized carbons (Fsp3) is 0.150. The lowest BCUT2D eigenvalue weighted by atomic mass is 10.0. The first-order chi connectivity index (χ1) is 13.0. The Morgan fingerprint density at radius 2 is 1.81 bits per heavy atom. The highest BCUT2D eigenvalue weighted by molar-refractivity contribution is 7.13. The predicted molar refractivity (Wildman–Crippen MR) is 108 cm³/mol. The second kappa shape index (κ2) is 8.79. The van der Waals surface area contributed by atoms with Crippen LogP contribution in [0.3, 0.4) is 0 Å². The number of aromatic nitrogens is 1. The number of nitrogens with one attached hydrogen (secondary N) is 2. The van der Waals surface area contributed by atoms with Crippen molar-refractivity contribution < 1.29 is 9.59 Å². The van der Waals surface area contributed by atoms with Gasteiger partial charge in [0.1, 0.15) is 0 Å². The largest absolute Gasteiger partial charge is 0.345 e. The van der Waals surface area contributed by atoms with E-state index in [2.05, 4.69) is 15.6 Å². The molecule has 0 saturated heterocycles. The number of rotatable bonds is 6. The number of nitrogens with zero attached hydrogens (tertiary/aromatic N) is 1. The highest BCUT2D eigenvalue weighted by Crippen LogP contribution is 2.22. The van der Waals surface area contributed by atoms with Crippen molar-refractivity contribution in [3.63, 3.8) is 0 Å². The summed E-state index contributed by atoms with van der Waals surface area (Å²) in [6.07, 6.45) is 0.0822. The smallest absolute Gasteiger partial charge is 0.253 e. The maximum atomic E-state index is 12.7. The second-order valence-electron chi connectivity index (χ2n) is 5.96. The first kappa shape index (κ1) is 19.1. The van der Waals surface area contributed by atoms with Crippen molar-refractivity contribution in [2.24, 2.45) is 0 Å². The topological polar surface area (TPSA) is 71.1 Å². The molecule has 138 valence electrons. The molecule has 2 amide bonds. The fourth-order valence-corrected chi connectivity index (χ4v) is 3.51. The minimum atomic E-state index is -0.490. The molecule has 1 unspecified atom stereocenters. The van der Waals surface area contributed by atoms with Crippen LogP contribution in [0.5, 0.6) is 0 Å². The molecule has 0 spiro atoms. The van der Waals surface area contributed by atoms with Gasteiger partial charge in [0.05, 0.1) is 28.7 Å². The van der Waals surface area contributed by atoms with Crippen LogP contribution in [0.25, 0.3) is 0 Å². The van der Waals surface area contributed by atoms with Crippen molar-refractivity contribution in [2.75, 3.05) is 5.32 Å². The Morgan fingerprint density at radius 1 is 1.11 bits per heavy atom. The zero-order chi connectivity index (χ0) is 19.2. The van der Waals surface area contributed by atoms with Crippen molar-refractivity contribution in [3.05, 3.63) is 81.8 Å². The van der Waals surface area contributed by atoms with Crippen LogP contribution < -0.4 is 10.6 Å².